The van der Waals surface area contributed by atoms with Crippen molar-refractivity contribution in [1.82, 2.24) is 10.3 Å². The second-order valence-corrected chi connectivity index (χ2v) is 6.84. The first-order valence-electron chi connectivity index (χ1n) is 9.72. The molecular formula is C23H26ClN3O4. The van der Waals surface area contributed by atoms with E-state index in [2.05, 4.69) is 41.1 Å². The van der Waals surface area contributed by atoms with Crippen molar-refractivity contribution < 1.29 is 19.4 Å². The third-order valence-corrected chi connectivity index (χ3v) is 4.81. The minimum Gasteiger partial charge on any atom is -0.506 e. The summed E-state index contributed by atoms with van der Waals surface area (Å²) in [6, 6.07) is 7.71. The average Bonchev–Trinajstić information content (AvgIpc) is 2.78. The number of aromatic hydroxyl groups is 1. The lowest BCUT2D eigenvalue weighted by atomic mass is 10.1. The van der Waals surface area contributed by atoms with Crippen molar-refractivity contribution in [3.63, 3.8) is 0 Å². The summed E-state index contributed by atoms with van der Waals surface area (Å²) < 4.78 is 10.9. The Morgan fingerprint density at radius 3 is 2.58 bits per heavy atom. The van der Waals surface area contributed by atoms with Gasteiger partial charge in [0.05, 0.1) is 37.6 Å². The highest BCUT2D eigenvalue weighted by molar-refractivity contribution is 6.32. The molecule has 2 aromatic carbocycles. The van der Waals surface area contributed by atoms with E-state index >= 15 is 0 Å². The number of ether oxygens (including phenoxy) is 2. The molecular weight excluding hydrogens is 418 g/mol. The number of hydrazone groups is 1. The number of phenols is 1. The Kier molecular flexibility index (Phi) is 9.19. The zero-order valence-corrected chi connectivity index (χ0v) is 18.8. The molecule has 2 N–H and O–H groups in total. The van der Waals surface area contributed by atoms with Crippen molar-refractivity contribution in [2.45, 2.75) is 13.8 Å². The van der Waals surface area contributed by atoms with Gasteiger partial charge in [-0.3, -0.25) is 9.69 Å². The molecule has 0 radical (unpaired) electrons. The molecule has 0 atom stereocenters. The maximum atomic E-state index is 12.2. The molecule has 0 unspecified atom stereocenters. The van der Waals surface area contributed by atoms with Crippen LogP contribution in [0.25, 0.3) is 0 Å². The topological polar surface area (TPSA) is 83.4 Å². The summed E-state index contributed by atoms with van der Waals surface area (Å²) in [7, 11) is 3.10. The van der Waals surface area contributed by atoms with Crippen LogP contribution in [0.2, 0.25) is 5.02 Å². The van der Waals surface area contributed by atoms with Crippen molar-refractivity contribution in [3.05, 3.63) is 52.0 Å². The summed E-state index contributed by atoms with van der Waals surface area (Å²) in [5, 5.41) is 13.5. The molecule has 7 nitrogen and oxygen atoms in total. The second kappa shape index (κ2) is 11.8. The van der Waals surface area contributed by atoms with Gasteiger partial charge in [-0.05, 0) is 49.0 Å². The number of methoxy groups -OCH3 is 2. The van der Waals surface area contributed by atoms with Gasteiger partial charge < -0.3 is 14.6 Å². The molecule has 0 fully saturated rings. The van der Waals surface area contributed by atoms with Gasteiger partial charge in [0, 0.05) is 5.56 Å². The first-order valence-corrected chi connectivity index (χ1v) is 10.1. The SMILES string of the molecule is CCN(CC)CC#Cc1cc(/C=N/NC(=O)c2ccc(O)c(Cl)c2)cc(OC)c1OC. The van der Waals surface area contributed by atoms with E-state index in [-0.39, 0.29) is 16.3 Å². The maximum Gasteiger partial charge on any atom is 0.271 e. The number of rotatable bonds is 8. The van der Waals surface area contributed by atoms with Crippen LogP contribution in [-0.2, 0) is 0 Å². The monoisotopic (exact) mass is 443 g/mol. The number of carbonyl (C=O) groups is 1. The Hall–Kier alpha value is -3.21. The third-order valence-electron chi connectivity index (χ3n) is 4.51. The normalized spacial score (nSPS) is 10.6. The summed E-state index contributed by atoms with van der Waals surface area (Å²) in [4.78, 5) is 14.4. The molecule has 8 heteroatoms. The quantitative estimate of drug-likeness (QED) is 0.370. The van der Waals surface area contributed by atoms with Crippen LogP contribution in [-0.4, -0.2) is 56.0 Å². The minimum atomic E-state index is -0.460. The Morgan fingerprint density at radius 1 is 1.23 bits per heavy atom. The maximum absolute atomic E-state index is 12.2. The number of hydrogen-bond donors (Lipinski definition) is 2. The summed E-state index contributed by atoms with van der Waals surface area (Å²) in [5.74, 6) is 6.78. The van der Waals surface area contributed by atoms with Gasteiger partial charge in [0.2, 0.25) is 0 Å². The van der Waals surface area contributed by atoms with Gasteiger partial charge >= 0.3 is 0 Å². The van der Waals surface area contributed by atoms with E-state index in [1.54, 1.807) is 20.3 Å². The predicted octanol–water partition coefficient (Wildman–Crippen LogP) is 3.52. The number of carbonyl (C=O) groups excluding carboxylic acids is 1. The fraction of sp³-hybridized carbons (Fsp3) is 0.304. The van der Waals surface area contributed by atoms with E-state index in [9.17, 15) is 9.90 Å². The molecule has 1 amide bonds. The lowest BCUT2D eigenvalue weighted by molar-refractivity contribution is 0.0955. The zero-order chi connectivity index (χ0) is 22.8. The fourth-order valence-electron chi connectivity index (χ4n) is 2.72. The molecule has 2 rings (SSSR count). The number of amides is 1. The Bertz CT molecular complexity index is 1010. The van der Waals surface area contributed by atoms with Crippen LogP contribution in [0, 0.1) is 11.8 Å². The number of hydrogen-bond acceptors (Lipinski definition) is 6. The van der Waals surface area contributed by atoms with Crippen molar-refractivity contribution >= 4 is 23.7 Å². The lowest BCUT2D eigenvalue weighted by Gasteiger charge is -2.13. The van der Waals surface area contributed by atoms with Crippen LogP contribution in [0.3, 0.4) is 0 Å². The lowest BCUT2D eigenvalue weighted by Crippen LogP contribution is -2.22. The van der Waals surface area contributed by atoms with Crippen LogP contribution in [0.1, 0.15) is 35.3 Å². The Morgan fingerprint density at radius 2 is 1.97 bits per heavy atom. The van der Waals surface area contributed by atoms with Crippen molar-refractivity contribution in [1.29, 1.82) is 0 Å². The Balaban J connectivity index is 2.22. The zero-order valence-electron chi connectivity index (χ0n) is 18.0. The van der Waals surface area contributed by atoms with Gasteiger partial charge in [0.1, 0.15) is 5.75 Å². The van der Waals surface area contributed by atoms with Crippen LogP contribution < -0.4 is 14.9 Å². The highest BCUT2D eigenvalue weighted by Gasteiger charge is 2.11. The molecule has 0 aliphatic carbocycles. The van der Waals surface area contributed by atoms with Gasteiger partial charge in [-0.25, -0.2) is 5.43 Å². The first-order chi connectivity index (χ1) is 14.9. The predicted molar refractivity (Wildman–Crippen MR) is 122 cm³/mol. The second-order valence-electron chi connectivity index (χ2n) is 6.43. The molecule has 0 aromatic heterocycles. The average molecular weight is 444 g/mol. The molecule has 0 saturated heterocycles. The largest absolute Gasteiger partial charge is 0.506 e. The first kappa shape index (κ1) is 24.1. The van der Waals surface area contributed by atoms with Crippen molar-refractivity contribution in [2.24, 2.45) is 5.10 Å². The van der Waals surface area contributed by atoms with Gasteiger partial charge in [0.15, 0.2) is 11.5 Å². The molecule has 2 aromatic rings. The minimum absolute atomic E-state index is 0.0875. The number of nitrogens with zero attached hydrogens (tertiary/aromatic N) is 2. The van der Waals surface area contributed by atoms with Crippen molar-refractivity contribution in [2.75, 3.05) is 33.9 Å². The van der Waals surface area contributed by atoms with Crippen LogP contribution in [0.15, 0.2) is 35.4 Å². The smallest absolute Gasteiger partial charge is 0.271 e. The summed E-state index contributed by atoms with van der Waals surface area (Å²) >= 11 is 5.84. The summed E-state index contributed by atoms with van der Waals surface area (Å²) in [6.07, 6.45) is 1.48. The van der Waals surface area contributed by atoms with Gasteiger partial charge in [-0.1, -0.05) is 37.3 Å². The molecule has 0 saturated carbocycles. The third kappa shape index (κ3) is 6.64. The molecule has 0 heterocycles. The van der Waals surface area contributed by atoms with Crippen molar-refractivity contribution in [3.8, 4) is 29.1 Å². The van der Waals surface area contributed by atoms with Crippen LogP contribution in [0.4, 0.5) is 0 Å². The Labute approximate surface area is 187 Å². The van der Waals surface area contributed by atoms with E-state index in [0.29, 0.717) is 29.2 Å². The molecule has 0 spiro atoms. The number of nitrogens with one attached hydrogen (secondary N) is 1. The number of phenolic OH excluding ortho intramolecular Hbond substituents is 1. The highest BCUT2D eigenvalue weighted by atomic mass is 35.5. The molecule has 0 aliphatic rings. The van der Waals surface area contributed by atoms with E-state index in [4.69, 9.17) is 21.1 Å². The van der Waals surface area contributed by atoms with Gasteiger partial charge in [0.25, 0.3) is 5.91 Å². The van der Waals surface area contributed by atoms with E-state index in [1.165, 1.54) is 24.4 Å². The van der Waals surface area contributed by atoms with Crippen LogP contribution in [0.5, 0.6) is 17.2 Å². The van der Waals surface area contributed by atoms with Gasteiger partial charge in [-0.2, -0.15) is 5.10 Å². The molecule has 164 valence electrons. The van der Waals surface area contributed by atoms with E-state index in [0.717, 1.165) is 13.1 Å². The summed E-state index contributed by atoms with van der Waals surface area (Å²) in [5.41, 5.74) is 4.04. The fourth-order valence-corrected chi connectivity index (χ4v) is 2.91. The van der Waals surface area contributed by atoms with E-state index < -0.39 is 5.91 Å². The molecule has 0 aliphatic heterocycles. The molecule has 31 heavy (non-hydrogen) atoms. The highest BCUT2D eigenvalue weighted by Crippen LogP contribution is 2.31. The van der Waals surface area contributed by atoms with E-state index in [1.807, 2.05) is 6.07 Å². The molecule has 0 bridgehead atoms. The standard InChI is InChI=1S/C23H26ClN3O4/c1-5-27(6-2)11-7-8-17-12-16(13-21(30-3)22(17)31-4)15-25-26-23(29)18-9-10-20(28)19(24)14-18/h9-10,12-15,28H,5-6,11H2,1-4H3,(H,26,29)/b25-15+. The van der Waals surface area contributed by atoms with Crippen LogP contribution >= 0.6 is 11.6 Å². The van der Waals surface area contributed by atoms with Gasteiger partial charge in [-0.15, -0.1) is 0 Å². The number of benzene rings is 2. The summed E-state index contributed by atoms with van der Waals surface area (Å²) in [6.45, 7) is 6.66. The number of halogens is 1.